The van der Waals surface area contributed by atoms with Crippen molar-refractivity contribution < 1.29 is 9.84 Å². The Hall–Kier alpha value is -0.540. The summed E-state index contributed by atoms with van der Waals surface area (Å²) in [6.07, 6.45) is 2.39. The Kier molecular flexibility index (Phi) is 6.53. The lowest BCUT2D eigenvalue weighted by Gasteiger charge is -2.25. The van der Waals surface area contributed by atoms with Crippen molar-refractivity contribution in [3.05, 3.63) is 28.2 Å². The van der Waals surface area contributed by atoms with E-state index in [0.717, 1.165) is 28.6 Å². The summed E-state index contributed by atoms with van der Waals surface area (Å²) in [5.41, 5.74) is 1.45. The van der Waals surface area contributed by atoms with Crippen molar-refractivity contribution in [3.8, 4) is 5.75 Å². The molecular weight excluding hydrogens is 316 g/mol. The van der Waals surface area contributed by atoms with Crippen molar-refractivity contribution in [2.24, 2.45) is 11.3 Å². The molecule has 0 spiro atoms. The molecule has 2 atom stereocenters. The molecule has 0 aliphatic carbocycles. The summed E-state index contributed by atoms with van der Waals surface area (Å²) in [6.45, 7) is 8.96. The Balaban J connectivity index is 2.54. The van der Waals surface area contributed by atoms with Gasteiger partial charge in [-0.2, -0.15) is 0 Å². The van der Waals surface area contributed by atoms with Crippen molar-refractivity contribution in [1.82, 2.24) is 0 Å². The minimum atomic E-state index is -0.285. The molecule has 0 saturated carbocycles. The lowest BCUT2D eigenvalue weighted by molar-refractivity contribution is 0.133. The number of benzene rings is 1. The summed E-state index contributed by atoms with van der Waals surface area (Å²) in [5.74, 6) is 1.36. The van der Waals surface area contributed by atoms with Crippen molar-refractivity contribution in [2.75, 3.05) is 7.11 Å². The molecule has 0 heterocycles. The van der Waals surface area contributed by atoms with Gasteiger partial charge in [0.2, 0.25) is 0 Å². The topological polar surface area (TPSA) is 29.5 Å². The van der Waals surface area contributed by atoms with Gasteiger partial charge in [-0.05, 0) is 64.2 Å². The summed E-state index contributed by atoms with van der Waals surface area (Å²) in [7, 11) is 1.66. The van der Waals surface area contributed by atoms with Crippen molar-refractivity contribution in [1.29, 1.82) is 0 Å². The molecule has 1 aromatic rings. The van der Waals surface area contributed by atoms with Gasteiger partial charge in [0, 0.05) is 0 Å². The van der Waals surface area contributed by atoms with Gasteiger partial charge in [-0.25, -0.2) is 0 Å². The standard InChI is InChI=1S/C17H27BrO2/c1-12(11-17(2,3)4)8-14(19)9-13-6-7-16(20-5)15(18)10-13/h6-7,10,12,14,19H,8-9,11H2,1-5H3. The van der Waals surface area contributed by atoms with Gasteiger partial charge in [-0.15, -0.1) is 0 Å². The van der Waals surface area contributed by atoms with E-state index in [1.165, 1.54) is 0 Å². The van der Waals surface area contributed by atoms with Gasteiger partial charge < -0.3 is 9.84 Å². The molecular formula is C17H27BrO2. The molecule has 0 aliphatic heterocycles. The molecule has 0 aromatic heterocycles. The van der Waals surface area contributed by atoms with E-state index in [-0.39, 0.29) is 6.10 Å². The molecule has 1 N–H and O–H groups in total. The number of ether oxygens (including phenoxy) is 1. The lowest BCUT2D eigenvalue weighted by Crippen LogP contribution is -2.18. The Morgan fingerprint density at radius 2 is 1.95 bits per heavy atom. The van der Waals surface area contributed by atoms with Crippen LogP contribution in [0.4, 0.5) is 0 Å². The van der Waals surface area contributed by atoms with E-state index >= 15 is 0 Å². The zero-order valence-corrected chi connectivity index (χ0v) is 14.8. The second-order valence-corrected chi connectivity index (χ2v) is 7.79. The zero-order chi connectivity index (χ0) is 15.3. The molecule has 1 rings (SSSR count). The molecule has 20 heavy (non-hydrogen) atoms. The fourth-order valence-electron chi connectivity index (χ4n) is 2.79. The van der Waals surface area contributed by atoms with Crippen LogP contribution >= 0.6 is 15.9 Å². The van der Waals surface area contributed by atoms with Crippen LogP contribution < -0.4 is 4.74 Å². The van der Waals surface area contributed by atoms with Crippen LogP contribution in [0.2, 0.25) is 0 Å². The quantitative estimate of drug-likeness (QED) is 0.802. The minimum absolute atomic E-state index is 0.285. The molecule has 2 unspecified atom stereocenters. The van der Waals surface area contributed by atoms with Crippen LogP contribution in [-0.2, 0) is 6.42 Å². The molecule has 114 valence electrons. The number of hydrogen-bond donors (Lipinski definition) is 1. The second-order valence-electron chi connectivity index (χ2n) is 6.93. The van der Waals surface area contributed by atoms with Gasteiger partial charge >= 0.3 is 0 Å². The summed E-state index contributed by atoms with van der Waals surface area (Å²) in [6, 6.07) is 5.97. The largest absolute Gasteiger partial charge is 0.496 e. The Morgan fingerprint density at radius 3 is 2.45 bits per heavy atom. The highest BCUT2D eigenvalue weighted by atomic mass is 79.9. The summed E-state index contributed by atoms with van der Waals surface area (Å²) < 4.78 is 6.15. The van der Waals surface area contributed by atoms with Crippen LogP contribution in [0, 0.1) is 11.3 Å². The smallest absolute Gasteiger partial charge is 0.133 e. The van der Waals surface area contributed by atoms with Crippen LogP contribution in [0.25, 0.3) is 0 Å². The average molecular weight is 343 g/mol. The summed E-state index contributed by atoms with van der Waals surface area (Å²) in [5, 5.41) is 10.2. The maximum absolute atomic E-state index is 10.2. The molecule has 0 saturated heterocycles. The lowest BCUT2D eigenvalue weighted by atomic mass is 9.83. The highest BCUT2D eigenvalue weighted by Crippen LogP contribution is 2.29. The van der Waals surface area contributed by atoms with E-state index in [4.69, 9.17) is 4.74 Å². The highest BCUT2D eigenvalue weighted by molar-refractivity contribution is 9.10. The molecule has 0 fully saturated rings. The maximum atomic E-state index is 10.2. The van der Waals surface area contributed by atoms with Crippen molar-refractivity contribution in [2.45, 2.75) is 53.1 Å². The third kappa shape index (κ3) is 6.27. The molecule has 0 bridgehead atoms. The van der Waals surface area contributed by atoms with Crippen LogP contribution in [0.5, 0.6) is 5.75 Å². The van der Waals surface area contributed by atoms with E-state index in [1.807, 2.05) is 18.2 Å². The van der Waals surface area contributed by atoms with E-state index in [9.17, 15) is 5.11 Å². The van der Waals surface area contributed by atoms with E-state index in [1.54, 1.807) is 7.11 Å². The second kappa shape index (κ2) is 7.46. The Bertz CT molecular complexity index is 423. The van der Waals surface area contributed by atoms with Crippen molar-refractivity contribution in [3.63, 3.8) is 0 Å². The number of rotatable bonds is 6. The van der Waals surface area contributed by atoms with Gasteiger partial charge in [0.1, 0.15) is 5.75 Å². The summed E-state index contributed by atoms with van der Waals surface area (Å²) in [4.78, 5) is 0. The number of aliphatic hydroxyl groups is 1. The van der Waals surface area contributed by atoms with Crippen LogP contribution in [0.3, 0.4) is 0 Å². The Labute approximate surface area is 131 Å². The third-order valence-corrected chi connectivity index (χ3v) is 3.94. The summed E-state index contributed by atoms with van der Waals surface area (Å²) >= 11 is 3.48. The predicted molar refractivity (Wildman–Crippen MR) is 88.3 cm³/mol. The molecule has 1 aromatic carbocycles. The number of methoxy groups -OCH3 is 1. The normalized spacial score (nSPS) is 14.9. The highest BCUT2D eigenvalue weighted by Gasteiger charge is 2.18. The zero-order valence-electron chi connectivity index (χ0n) is 13.2. The molecule has 0 radical (unpaired) electrons. The first kappa shape index (κ1) is 17.5. The van der Waals surface area contributed by atoms with E-state index in [0.29, 0.717) is 17.8 Å². The average Bonchev–Trinajstić information content (AvgIpc) is 2.25. The van der Waals surface area contributed by atoms with Crippen LogP contribution in [0.15, 0.2) is 22.7 Å². The first-order chi connectivity index (χ1) is 9.21. The van der Waals surface area contributed by atoms with E-state index in [2.05, 4.69) is 43.6 Å². The SMILES string of the molecule is COc1ccc(CC(O)CC(C)CC(C)(C)C)cc1Br. The monoisotopic (exact) mass is 342 g/mol. The maximum Gasteiger partial charge on any atom is 0.133 e. The first-order valence-corrected chi connectivity index (χ1v) is 8.01. The van der Waals surface area contributed by atoms with Gasteiger partial charge in [0.25, 0.3) is 0 Å². The van der Waals surface area contributed by atoms with Gasteiger partial charge in [0.15, 0.2) is 0 Å². The first-order valence-electron chi connectivity index (χ1n) is 7.22. The van der Waals surface area contributed by atoms with Gasteiger partial charge in [-0.1, -0.05) is 33.8 Å². The van der Waals surface area contributed by atoms with Crippen LogP contribution in [-0.4, -0.2) is 18.3 Å². The number of hydrogen-bond acceptors (Lipinski definition) is 2. The minimum Gasteiger partial charge on any atom is -0.496 e. The Morgan fingerprint density at radius 1 is 1.30 bits per heavy atom. The number of halogens is 1. The third-order valence-electron chi connectivity index (χ3n) is 3.32. The fourth-order valence-corrected chi connectivity index (χ4v) is 3.37. The molecule has 3 heteroatoms. The fraction of sp³-hybridized carbons (Fsp3) is 0.647. The van der Waals surface area contributed by atoms with Gasteiger partial charge in [-0.3, -0.25) is 0 Å². The van der Waals surface area contributed by atoms with Crippen molar-refractivity contribution >= 4 is 15.9 Å². The molecule has 0 aliphatic rings. The van der Waals surface area contributed by atoms with E-state index < -0.39 is 0 Å². The molecule has 0 amide bonds. The van der Waals surface area contributed by atoms with Crippen LogP contribution in [0.1, 0.15) is 46.1 Å². The molecule has 2 nitrogen and oxygen atoms in total. The number of aliphatic hydroxyl groups excluding tert-OH is 1. The predicted octanol–water partition coefficient (Wildman–Crippen LogP) is 4.82. The van der Waals surface area contributed by atoms with Gasteiger partial charge in [0.05, 0.1) is 17.7 Å².